The van der Waals surface area contributed by atoms with Crippen LogP contribution in [0.2, 0.25) is 0 Å². The van der Waals surface area contributed by atoms with Crippen LogP contribution in [0.5, 0.6) is 0 Å². The van der Waals surface area contributed by atoms with E-state index in [0.717, 1.165) is 0 Å². The van der Waals surface area contributed by atoms with E-state index >= 15 is 0 Å². The summed E-state index contributed by atoms with van der Waals surface area (Å²) in [5, 5.41) is 9.28. The van der Waals surface area contributed by atoms with Gasteiger partial charge in [-0.15, -0.1) is 0 Å². The second kappa shape index (κ2) is 3.14. The number of fused-ring (bicyclic) bond motifs is 1. The molecule has 0 radical (unpaired) electrons. The quantitative estimate of drug-likeness (QED) is 0.757. The molecule has 0 bridgehead atoms. The van der Waals surface area contributed by atoms with Crippen LogP contribution in [0.4, 0.5) is 4.39 Å². The van der Waals surface area contributed by atoms with Gasteiger partial charge in [0.25, 0.3) is 0 Å². The highest BCUT2D eigenvalue weighted by Crippen LogP contribution is 2.14. The zero-order valence-electron chi connectivity index (χ0n) is 6.89. The van der Waals surface area contributed by atoms with Gasteiger partial charge in [-0.3, -0.25) is 0 Å². The molecule has 0 saturated carbocycles. The molecular weight excluding hydrogens is 171 g/mol. The predicted molar refractivity (Wildman–Crippen MR) is 46.1 cm³/mol. The van der Waals surface area contributed by atoms with Crippen molar-refractivity contribution in [2.75, 3.05) is 6.67 Å². The predicted octanol–water partition coefficient (Wildman–Crippen LogP) is 1.34. The molecule has 1 atom stereocenters. The summed E-state index contributed by atoms with van der Waals surface area (Å²) >= 11 is 0. The molecule has 68 valence electrons. The number of halogens is 1. The molecule has 1 unspecified atom stereocenters. The van der Waals surface area contributed by atoms with Crippen LogP contribution >= 0.6 is 0 Å². The van der Waals surface area contributed by atoms with Crippen LogP contribution in [0.1, 0.15) is 11.8 Å². The smallest absolute Gasteiger partial charge is 0.136 e. The third-order valence-corrected chi connectivity index (χ3v) is 1.93. The minimum Gasteiger partial charge on any atom is -0.384 e. The molecule has 0 aromatic carbocycles. The Kier molecular flexibility index (Phi) is 1.98. The largest absolute Gasteiger partial charge is 0.384 e. The van der Waals surface area contributed by atoms with Crippen molar-refractivity contribution < 1.29 is 9.50 Å². The van der Waals surface area contributed by atoms with Gasteiger partial charge in [0, 0.05) is 6.20 Å². The van der Waals surface area contributed by atoms with E-state index in [0.29, 0.717) is 11.3 Å². The number of imidazole rings is 1. The summed E-state index contributed by atoms with van der Waals surface area (Å²) in [7, 11) is 0. The fourth-order valence-corrected chi connectivity index (χ4v) is 1.28. The van der Waals surface area contributed by atoms with E-state index < -0.39 is 12.8 Å². The average molecular weight is 180 g/mol. The SMILES string of the molecule is OC(CF)c1cnc2ccccn12. The molecule has 4 heteroatoms. The molecule has 1 N–H and O–H groups in total. The van der Waals surface area contributed by atoms with Gasteiger partial charge in [0.05, 0.1) is 11.9 Å². The normalized spacial score (nSPS) is 13.4. The highest BCUT2D eigenvalue weighted by Gasteiger charge is 2.11. The standard InChI is InChI=1S/C9H9FN2O/c10-5-8(13)7-6-11-9-3-1-2-4-12(7)9/h1-4,6,8,13H,5H2. The summed E-state index contributed by atoms with van der Waals surface area (Å²) in [6.07, 6.45) is 2.15. The van der Waals surface area contributed by atoms with Crippen molar-refractivity contribution in [1.82, 2.24) is 9.38 Å². The molecule has 0 amide bonds. The lowest BCUT2D eigenvalue weighted by atomic mass is 10.3. The highest BCUT2D eigenvalue weighted by atomic mass is 19.1. The summed E-state index contributed by atoms with van der Waals surface area (Å²) in [5.41, 5.74) is 1.20. The number of hydrogen-bond acceptors (Lipinski definition) is 2. The highest BCUT2D eigenvalue weighted by molar-refractivity contribution is 5.40. The van der Waals surface area contributed by atoms with E-state index in [1.54, 1.807) is 16.7 Å². The number of aliphatic hydroxyl groups excluding tert-OH is 1. The minimum absolute atomic E-state index is 0.484. The topological polar surface area (TPSA) is 37.5 Å². The molecule has 2 aromatic rings. The van der Waals surface area contributed by atoms with Crippen molar-refractivity contribution in [3.8, 4) is 0 Å². The maximum absolute atomic E-state index is 12.2. The van der Waals surface area contributed by atoms with E-state index in [9.17, 15) is 9.50 Å². The van der Waals surface area contributed by atoms with Crippen molar-refractivity contribution in [1.29, 1.82) is 0 Å². The Bertz CT molecular complexity index is 413. The molecule has 2 heterocycles. The number of pyridine rings is 1. The Balaban J connectivity index is 2.57. The van der Waals surface area contributed by atoms with Crippen LogP contribution in [-0.2, 0) is 0 Å². The van der Waals surface area contributed by atoms with E-state index in [1.165, 1.54) is 6.20 Å². The first kappa shape index (κ1) is 8.19. The van der Waals surface area contributed by atoms with Gasteiger partial charge in [0.15, 0.2) is 0 Å². The Hall–Kier alpha value is -1.42. The zero-order chi connectivity index (χ0) is 9.26. The van der Waals surface area contributed by atoms with Gasteiger partial charge in [-0.2, -0.15) is 0 Å². The lowest BCUT2D eigenvalue weighted by Gasteiger charge is -2.04. The van der Waals surface area contributed by atoms with Crippen LogP contribution < -0.4 is 0 Å². The van der Waals surface area contributed by atoms with Crippen molar-refractivity contribution in [3.63, 3.8) is 0 Å². The van der Waals surface area contributed by atoms with Gasteiger partial charge in [0.1, 0.15) is 18.4 Å². The summed E-state index contributed by atoms with van der Waals surface area (Å²) < 4.78 is 13.9. The molecule has 0 aliphatic carbocycles. The van der Waals surface area contributed by atoms with Gasteiger partial charge in [-0.25, -0.2) is 9.37 Å². The fourth-order valence-electron chi connectivity index (χ4n) is 1.28. The third kappa shape index (κ3) is 1.29. The molecule has 13 heavy (non-hydrogen) atoms. The first-order chi connectivity index (χ1) is 6.33. The molecule has 0 spiro atoms. The first-order valence-electron chi connectivity index (χ1n) is 3.99. The fraction of sp³-hybridized carbons (Fsp3) is 0.222. The van der Waals surface area contributed by atoms with Crippen LogP contribution in [0, 0.1) is 0 Å². The second-order valence-electron chi connectivity index (χ2n) is 2.78. The van der Waals surface area contributed by atoms with E-state index in [4.69, 9.17) is 0 Å². The molecular formula is C9H9FN2O. The van der Waals surface area contributed by atoms with E-state index in [2.05, 4.69) is 4.98 Å². The average Bonchev–Trinajstić information content (AvgIpc) is 2.60. The number of nitrogens with zero attached hydrogens (tertiary/aromatic N) is 2. The van der Waals surface area contributed by atoms with Gasteiger partial charge in [0.2, 0.25) is 0 Å². The third-order valence-electron chi connectivity index (χ3n) is 1.93. The lowest BCUT2D eigenvalue weighted by molar-refractivity contribution is 0.137. The van der Waals surface area contributed by atoms with Crippen molar-refractivity contribution >= 4 is 5.65 Å². The number of alkyl halides is 1. The lowest BCUT2D eigenvalue weighted by Crippen LogP contribution is -2.02. The van der Waals surface area contributed by atoms with Crippen LogP contribution in [0.15, 0.2) is 30.6 Å². The zero-order valence-corrected chi connectivity index (χ0v) is 6.89. The van der Waals surface area contributed by atoms with Crippen LogP contribution in [0.3, 0.4) is 0 Å². The first-order valence-corrected chi connectivity index (χ1v) is 3.99. The molecule has 0 aliphatic heterocycles. The summed E-state index contributed by atoms with van der Waals surface area (Å²) in [6, 6.07) is 5.45. The number of aliphatic hydroxyl groups is 1. The van der Waals surface area contributed by atoms with E-state index in [1.807, 2.05) is 12.1 Å². The second-order valence-corrected chi connectivity index (χ2v) is 2.78. The van der Waals surface area contributed by atoms with Crippen LogP contribution in [-0.4, -0.2) is 21.2 Å². The molecule has 2 aromatic heterocycles. The minimum atomic E-state index is -1.09. The number of rotatable bonds is 2. The molecule has 3 nitrogen and oxygen atoms in total. The Morgan fingerprint density at radius 1 is 1.54 bits per heavy atom. The molecule has 0 saturated heterocycles. The molecule has 0 fully saturated rings. The monoisotopic (exact) mass is 180 g/mol. The maximum Gasteiger partial charge on any atom is 0.136 e. The van der Waals surface area contributed by atoms with Gasteiger partial charge in [-0.05, 0) is 12.1 Å². The Morgan fingerprint density at radius 2 is 2.38 bits per heavy atom. The number of aromatic nitrogens is 2. The van der Waals surface area contributed by atoms with Gasteiger partial charge >= 0.3 is 0 Å². The molecule has 2 rings (SSSR count). The van der Waals surface area contributed by atoms with Crippen molar-refractivity contribution in [3.05, 3.63) is 36.3 Å². The van der Waals surface area contributed by atoms with Crippen molar-refractivity contribution in [2.24, 2.45) is 0 Å². The van der Waals surface area contributed by atoms with Crippen LogP contribution in [0.25, 0.3) is 5.65 Å². The summed E-state index contributed by atoms with van der Waals surface area (Å²) in [5.74, 6) is 0. The van der Waals surface area contributed by atoms with Crippen molar-refractivity contribution in [2.45, 2.75) is 6.10 Å². The summed E-state index contributed by atoms with van der Waals surface area (Å²) in [4.78, 5) is 4.02. The Morgan fingerprint density at radius 3 is 3.15 bits per heavy atom. The maximum atomic E-state index is 12.2. The Labute approximate surface area is 74.5 Å². The van der Waals surface area contributed by atoms with E-state index in [-0.39, 0.29) is 0 Å². The molecule has 0 aliphatic rings. The summed E-state index contributed by atoms with van der Waals surface area (Å²) in [6.45, 7) is -0.789. The number of hydrogen-bond donors (Lipinski definition) is 1. The van der Waals surface area contributed by atoms with Gasteiger partial charge in [-0.1, -0.05) is 6.07 Å². The van der Waals surface area contributed by atoms with Gasteiger partial charge < -0.3 is 9.51 Å².